The summed E-state index contributed by atoms with van der Waals surface area (Å²) in [6.07, 6.45) is 17.6. The highest BCUT2D eigenvalue weighted by Gasteiger charge is 1.92. The molecule has 2 radical (unpaired) electrons. The first-order valence-corrected chi connectivity index (χ1v) is 8.30. The van der Waals surface area contributed by atoms with Gasteiger partial charge in [0, 0.05) is 5.33 Å². The molecule has 16 heavy (non-hydrogen) atoms. The van der Waals surface area contributed by atoms with Crippen LogP contribution in [0.25, 0.3) is 0 Å². The van der Waals surface area contributed by atoms with Gasteiger partial charge in [0.25, 0.3) is 0 Å². The van der Waals surface area contributed by atoms with Gasteiger partial charge in [0.2, 0.25) is 0 Å². The fraction of sp³-hybridized carbons (Fsp3) is 1.00. The van der Waals surface area contributed by atoms with Crippen molar-refractivity contribution in [3.05, 3.63) is 0 Å². The Morgan fingerprint density at radius 1 is 0.500 bits per heavy atom. The van der Waals surface area contributed by atoms with Crippen LogP contribution in [0.4, 0.5) is 0 Å². The highest BCUT2D eigenvalue weighted by Crippen LogP contribution is 2.12. The summed E-state index contributed by atoms with van der Waals surface area (Å²) < 4.78 is 0. The van der Waals surface area contributed by atoms with Crippen LogP contribution < -0.4 is 0 Å². The van der Waals surface area contributed by atoms with Crippen molar-refractivity contribution in [3.63, 3.8) is 0 Å². The molecule has 0 amide bonds. The van der Waals surface area contributed by atoms with E-state index in [4.69, 9.17) is 7.85 Å². The first-order chi connectivity index (χ1) is 7.91. The van der Waals surface area contributed by atoms with Crippen molar-refractivity contribution in [2.75, 3.05) is 5.33 Å². The third kappa shape index (κ3) is 14.5. The van der Waals surface area contributed by atoms with Crippen molar-refractivity contribution in [2.24, 2.45) is 0 Å². The van der Waals surface area contributed by atoms with Crippen molar-refractivity contribution in [2.45, 2.75) is 83.4 Å². The lowest BCUT2D eigenvalue weighted by atomic mass is 9.98. The normalized spacial score (nSPS) is 10.8. The Hall–Kier alpha value is 0.545. The summed E-state index contributed by atoms with van der Waals surface area (Å²) in [6, 6.07) is 0. The van der Waals surface area contributed by atoms with Crippen molar-refractivity contribution >= 4 is 23.8 Å². The molecule has 0 fully saturated rings. The van der Waals surface area contributed by atoms with Crippen molar-refractivity contribution in [3.8, 4) is 0 Å². The molecule has 0 heterocycles. The average Bonchev–Trinajstić information content (AvgIpc) is 2.31. The van der Waals surface area contributed by atoms with E-state index in [0.717, 1.165) is 6.32 Å². The van der Waals surface area contributed by atoms with E-state index in [9.17, 15) is 0 Å². The van der Waals surface area contributed by atoms with Gasteiger partial charge in [0.1, 0.15) is 0 Å². The van der Waals surface area contributed by atoms with Crippen LogP contribution in [0.1, 0.15) is 77.0 Å². The molecule has 0 rings (SSSR count). The van der Waals surface area contributed by atoms with E-state index < -0.39 is 0 Å². The molecule has 0 saturated carbocycles. The molecular weight excluding hydrogens is 259 g/mol. The van der Waals surface area contributed by atoms with Gasteiger partial charge in [-0.25, -0.2) is 0 Å². The van der Waals surface area contributed by atoms with E-state index in [-0.39, 0.29) is 0 Å². The number of rotatable bonds is 13. The fourth-order valence-corrected chi connectivity index (χ4v) is 2.40. The van der Waals surface area contributed by atoms with Crippen LogP contribution in [-0.2, 0) is 0 Å². The van der Waals surface area contributed by atoms with Crippen molar-refractivity contribution in [1.82, 2.24) is 0 Å². The van der Waals surface area contributed by atoms with Crippen LogP contribution in [-0.4, -0.2) is 13.2 Å². The van der Waals surface area contributed by atoms with Crippen molar-refractivity contribution < 1.29 is 0 Å². The summed E-state index contributed by atoms with van der Waals surface area (Å²) in [5, 5.41) is 1.18. The maximum atomic E-state index is 5.46. The molecular formula is C14H28BBr. The summed E-state index contributed by atoms with van der Waals surface area (Å²) in [7, 11) is 5.46. The van der Waals surface area contributed by atoms with Crippen LogP contribution in [0.15, 0.2) is 0 Å². The topological polar surface area (TPSA) is 0 Å². The lowest BCUT2D eigenvalue weighted by molar-refractivity contribution is 0.548. The van der Waals surface area contributed by atoms with Crippen LogP contribution in [0, 0.1) is 0 Å². The Morgan fingerprint density at radius 3 is 1.12 bits per heavy atom. The largest absolute Gasteiger partial charge is 0.0928 e. The van der Waals surface area contributed by atoms with E-state index in [1.807, 2.05) is 0 Å². The van der Waals surface area contributed by atoms with Gasteiger partial charge in [-0.05, 0) is 6.42 Å². The fourth-order valence-electron chi connectivity index (χ4n) is 2.01. The SMILES string of the molecule is [B]CCCCCCCCCCCCCCBr. The number of alkyl halides is 1. The van der Waals surface area contributed by atoms with Crippen LogP contribution >= 0.6 is 15.9 Å². The summed E-state index contributed by atoms with van der Waals surface area (Å²) in [6.45, 7) is 0. The second-order valence-corrected chi connectivity index (χ2v) is 5.51. The van der Waals surface area contributed by atoms with E-state index in [1.54, 1.807) is 0 Å². The molecule has 0 aromatic carbocycles. The number of hydrogen-bond donors (Lipinski definition) is 0. The first kappa shape index (κ1) is 16.5. The quantitative estimate of drug-likeness (QED) is 0.233. The minimum Gasteiger partial charge on any atom is -0.0928 e. The molecule has 0 aliphatic carbocycles. The summed E-state index contributed by atoms with van der Waals surface area (Å²) in [4.78, 5) is 0. The smallest absolute Gasteiger partial charge is 0.0653 e. The van der Waals surface area contributed by atoms with Gasteiger partial charge in [-0.15, -0.1) is 0 Å². The Morgan fingerprint density at radius 2 is 0.812 bits per heavy atom. The van der Waals surface area contributed by atoms with Gasteiger partial charge in [-0.1, -0.05) is 92.9 Å². The van der Waals surface area contributed by atoms with Crippen LogP contribution in [0.2, 0.25) is 6.32 Å². The lowest BCUT2D eigenvalue weighted by Gasteiger charge is -2.02. The van der Waals surface area contributed by atoms with Gasteiger partial charge >= 0.3 is 0 Å². The third-order valence-corrected chi connectivity index (χ3v) is 3.65. The monoisotopic (exact) mass is 286 g/mol. The Balaban J connectivity index is 2.83. The Labute approximate surface area is 113 Å². The molecule has 0 aromatic rings. The zero-order valence-electron chi connectivity index (χ0n) is 10.9. The average molecular weight is 287 g/mol. The molecule has 0 aliphatic rings. The van der Waals surface area contributed by atoms with Crippen LogP contribution in [0.5, 0.6) is 0 Å². The summed E-state index contributed by atoms with van der Waals surface area (Å²) >= 11 is 3.47. The van der Waals surface area contributed by atoms with Gasteiger partial charge in [-0.2, -0.15) is 0 Å². The molecule has 0 spiro atoms. The van der Waals surface area contributed by atoms with Gasteiger partial charge in [0.05, 0.1) is 7.85 Å². The standard InChI is InChI=1S/C14H28BBr/c15-13-11-9-7-5-3-1-2-4-6-8-10-12-14-16/h1-14H2. The molecule has 94 valence electrons. The van der Waals surface area contributed by atoms with Gasteiger partial charge in [0.15, 0.2) is 0 Å². The van der Waals surface area contributed by atoms with E-state index in [1.165, 1.54) is 82.4 Å². The third-order valence-electron chi connectivity index (χ3n) is 3.09. The minimum absolute atomic E-state index is 0.869. The first-order valence-electron chi connectivity index (χ1n) is 7.18. The van der Waals surface area contributed by atoms with E-state index >= 15 is 0 Å². The van der Waals surface area contributed by atoms with Crippen LogP contribution in [0.3, 0.4) is 0 Å². The highest BCUT2D eigenvalue weighted by atomic mass is 79.9. The van der Waals surface area contributed by atoms with Crippen molar-refractivity contribution in [1.29, 1.82) is 0 Å². The summed E-state index contributed by atoms with van der Waals surface area (Å²) in [5.41, 5.74) is 0. The second-order valence-electron chi connectivity index (χ2n) is 4.72. The molecule has 0 saturated heterocycles. The molecule has 0 bridgehead atoms. The van der Waals surface area contributed by atoms with Gasteiger partial charge < -0.3 is 0 Å². The zero-order chi connectivity index (χ0) is 11.9. The zero-order valence-corrected chi connectivity index (χ0v) is 12.4. The molecule has 0 aromatic heterocycles. The predicted octanol–water partition coefficient (Wildman–Crippen LogP) is 5.65. The maximum absolute atomic E-state index is 5.46. The van der Waals surface area contributed by atoms with E-state index in [0.29, 0.717) is 0 Å². The molecule has 2 heteroatoms. The second kappa shape index (κ2) is 15.5. The molecule has 0 unspecified atom stereocenters. The molecule has 0 atom stereocenters. The predicted molar refractivity (Wildman–Crippen MR) is 79.8 cm³/mol. The molecule has 0 nitrogen and oxygen atoms in total. The summed E-state index contributed by atoms with van der Waals surface area (Å²) in [5.74, 6) is 0. The number of unbranched alkanes of at least 4 members (excludes halogenated alkanes) is 11. The lowest BCUT2D eigenvalue weighted by Crippen LogP contribution is -1.83. The highest BCUT2D eigenvalue weighted by molar-refractivity contribution is 9.09. The molecule has 0 N–H and O–H groups in total. The maximum Gasteiger partial charge on any atom is 0.0653 e. The van der Waals surface area contributed by atoms with Gasteiger partial charge in [-0.3, -0.25) is 0 Å². The number of halogens is 1. The molecule has 0 aliphatic heterocycles. The van der Waals surface area contributed by atoms with E-state index in [2.05, 4.69) is 15.9 Å². The minimum atomic E-state index is 0.869. The Kier molecular flexibility index (Phi) is 16.1. The number of hydrogen-bond acceptors (Lipinski definition) is 0. The Bertz CT molecular complexity index is 103.